The maximum Gasteiger partial charge on any atom is 0.337 e. The van der Waals surface area contributed by atoms with Crippen molar-refractivity contribution in [1.29, 1.82) is 0 Å². The molecular weight excluding hydrogens is 324 g/mol. The third-order valence-corrected chi connectivity index (χ3v) is 2.72. The van der Waals surface area contributed by atoms with Gasteiger partial charge in [0.1, 0.15) is 5.82 Å². The number of ether oxygens (including phenoxy) is 1. The normalized spacial score (nSPS) is 10.3. The van der Waals surface area contributed by atoms with E-state index >= 15 is 0 Å². The molecule has 1 aromatic carbocycles. The van der Waals surface area contributed by atoms with Crippen LogP contribution in [-0.4, -0.2) is 16.1 Å². The second kappa shape index (κ2) is 5.31. The average Bonchev–Trinajstić information content (AvgIpc) is 2.34. The first kappa shape index (κ1) is 13.4. The van der Waals surface area contributed by atoms with Crippen LogP contribution in [0.1, 0.15) is 10.4 Å². The number of nitrogens with zero attached hydrogens (tertiary/aromatic N) is 1. The number of hydrogen-bond acceptors (Lipinski definition) is 3. The van der Waals surface area contributed by atoms with Crippen LogP contribution in [0.3, 0.4) is 0 Å². The van der Waals surface area contributed by atoms with Gasteiger partial charge >= 0.3 is 5.97 Å². The minimum atomic E-state index is -1.15. The van der Waals surface area contributed by atoms with Crippen molar-refractivity contribution in [3.05, 3.63) is 52.1 Å². The van der Waals surface area contributed by atoms with Crippen LogP contribution in [0.5, 0.6) is 11.6 Å². The molecule has 1 aromatic heterocycles. The quantitative estimate of drug-likeness (QED) is 0.934. The molecule has 0 radical (unpaired) electrons. The third-order valence-electron chi connectivity index (χ3n) is 2.15. The standard InChI is InChI=1S/C12H6BrF2NO3/c13-8-3-6(12(17)18)5-16-11(8)19-10-2-1-7(14)4-9(10)15/h1-5H,(H,17,18). The van der Waals surface area contributed by atoms with Gasteiger partial charge in [-0.2, -0.15) is 0 Å². The lowest BCUT2D eigenvalue weighted by molar-refractivity contribution is 0.0696. The highest BCUT2D eigenvalue weighted by atomic mass is 79.9. The Hall–Kier alpha value is -2.02. The summed E-state index contributed by atoms with van der Waals surface area (Å²) in [6.45, 7) is 0. The van der Waals surface area contributed by atoms with Crippen molar-refractivity contribution in [1.82, 2.24) is 4.98 Å². The molecule has 4 nitrogen and oxygen atoms in total. The summed E-state index contributed by atoms with van der Waals surface area (Å²) in [5.41, 5.74) is -0.0428. The van der Waals surface area contributed by atoms with Gasteiger partial charge in [-0.05, 0) is 34.1 Å². The van der Waals surface area contributed by atoms with Gasteiger partial charge in [-0.15, -0.1) is 0 Å². The van der Waals surface area contributed by atoms with E-state index in [1.807, 2.05) is 0 Å². The molecule has 0 spiro atoms. The van der Waals surface area contributed by atoms with Gasteiger partial charge in [0.25, 0.3) is 0 Å². The lowest BCUT2D eigenvalue weighted by Crippen LogP contribution is -1.99. The average molecular weight is 330 g/mol. The first-order valence-corrected chi connectivity index (χ1v) is 5.78. The van der Waals surface area contributed by atoms with Crippen molar-refractivity contribution >= 4 is 21.9 Å². The lowest BCUT2D eigenvalue weighted by Gasteiger charge is -2.07. The SMILES string of the molecule is O=C(O)c1cnc(Oc2ccc(F)cc2F)c(Br)c1. The van der Waals surface area contributed by atoms with E-state index in [1.54, 1.807) is 0 Å². The predicted octanol–water partition coefficient (Wildman–Crippen LogP) is 3.61. The van der Waals surface area contributed by atoms with Crippen molar-refractivity contribution in [3.63, 3.8) is 0 Å². The first-order valence-electron chi connectivity index (χ1n) is 4.99. The molecule has 0 amide bonds. The molecule has 0 aliphatic heterocycles. The zero-order valence-corrected chi connectivity index (χ0v) is 10.8. The van der Waals surface area contributed by atoms with Crippen molar-refractivity contribution in [2.45, 2.75) is 0 Å². The molecule has 0 aliphatic rings. The highest BCUT2D eigenvalue weighted by Crippen LogP contribution is 2.29. The molecule has 0 bridgehead atoms. The van der Waals surface area contributed by atoms with Crippen LogP contribution in [-0.2, 0) is 0 Å². The Morgan fingerprint density at radius 3 is 2.63 bits per heavy atom. The maximum atomic E-state index is 13.4. The summed E-state index contributed by atoms with van der Waals surface area (Å²) in [5.74, 6) is -2.98. The number of halogens is 3. The largest absolute Gasteiger partial charge is 0.478 e. The molecule has 19 heavy (non-hydrogen) atoms. The fraction of sp³-hybridized carbons (Fsp3) is 0. The van der Waals surface area contributed by atoms with Crippen molar-refractivity contribution < 1.29 is 23.4 Å². The molecule has 2 rings (SSSR count). The fourth-order valence-corrected chi connectivity index (χ4v) is 1.71. The molecule has 0 fully saturated rings. The van der Waals surface area contributed by atoms with Gasteiger partial charge in [-0.25, -0.2) is 18.6 Å². The van der Waals surface area contributed by atoms with Gasteiger partial charge in [0, 0.05) is 12.3 Å². The van der Waals surface area contributed by atoms with Gasteiger partial charge in [0.05, 0.1) is 10.0 Å². The summed E-state index contributed by atoms with van der Waals surface area (Å²) in [4.78, 5) is 14.5. The molecular formula is C12H6BrF2NO3. The highest BCUT2D eigenvalue weighted by Gasteiger charge is 2.12. The zero-order valence-electron chi connectivity index (χ0n) is 9.23. The molecule has 0 saturated carbocycles. The third kappa shape index (κ3) is 3.05. The predicted molar refractivity (Wildman–Crippen MR) is 65.3 cm³/mol. The van der Waals surface area contributed by atoms with Gasteiger partial charge in [0.2, 0.25) is 5.88 Å². The Balaban J connectivity index is 2.31. The molecule has 1 N–H and O–H groups in total. The van der Waals surface area contributed by atoms with Crippen molar-refractivity contribution in [2.75, 3.05) is 0 Å². The molecule has 0 aliphatic carbocycles. The molecule has 98 valence electrons. The van der Waals surface area contributed by atoms with Gasteiger partial charge in [-0.1, -0.05) is 0 Å². The minimum Gasteiger partial charge on any atom is -0.478 e. The highest BCUT2D eigenvalue weighted by molar-refractivity contribution is 9.10. The van der Waals surface area contributed by atoms with Gasteiger partial charge in [-0.3, -0.25) is 0 Å². The van der Waals surface area contributed by atoms with Crippen LogP contribution < -0.4 is 4.74 Å². The van der Waals surface area contributed by atoms with E-state index in [-0.39, 0.29) is 21.7 Å². The summed E-state index contributed by atoms with van der Waals surface area (Å²) < 4.78 is 31.5. The van der Waals surface area contributed by atoms with Crippen molar-refractivity contribution in [2.24, 2.45) is 0 Å². The summed E-state index contributed by atoms with van der Waals surface area (Å²) >= 11 is 3.06. The summed E-state index contributed by atoms with van der Waals surface area (Å²) in [5, 5.41) is 8.76. The molecule has 1 heterocycles. The number of carboxylic acids is 1. The van der Waals surface area contributed by atoms with Gasteiger partial charge < -0.3 is 9.84 Å². The molecule has 0 unspecified atom stereocenters. The zero-order chi connectivity index (χ0) is 14.0. The van der Waals surface area contributed by atoms with Crippen molar-refractivity contribution in [3.8, 4) is 11.6 Å². The minimum absolute atomic E-state index is 0.0180. The van der Waals surface area contributed by atoms with E-state index in [0.717, 1.165) is 18.3 Å². The van der Waals surface area contributed by atoms with E-state index in [9.17, 15) is 13.6 Å². The number of carboxylic acid groups (broad SMARTS) is 1. The number of aromatic nitrogens is 1. The second-order valence-corrected chi connectivity index (χ2v) is 4.35. The smallest absolute Gasteiger partial charge is 0.337 e. The number of carbonyl (C=O) groups is 1. The van der Waals surface area contributed by atoms with Crippen LogP contribution >= 0.6 is 15.9 Å². The Bertz CT molecular complexity index is 649. The van der Waals surface area contributed by atoms with E-state index in [1.165, 1.54) is 6.07 Å². The Kier molecular flexibility index (Phi) is 3.75. The van der Waals surface area contributed by atoms with Crippen LogP contribution in [0.15, 0.2) is 34.9 Å². The second-order valence-electron chi connectivity index (χ2n) is 3.49. The van der Waals surface area contributed by atoms with E-state index in [4.69, 9.17) is 9.84 Å². The molecule has 7 heteroatoms. The summed E-state index contributed by atoms with van der Waals surface area (Å²) in [6, 6.07) is 4.10. The van der Waals surface area contributed by atoms with E-state index in [2.05, 4.69) is 20.9 Å². The molecule has 0 atom stereocenters. The molecule has 2 aromatic rings. The molecule has 0 saturated heterocycles. The van der Waals surface area contributed by atoms with E-state index in [0.29, 0.717) is 6.07 Å². The number of aromatic carboxylic acids is 1. The summed E-state index contributed by atoms with van der Waals surface area (Å²) in [7, 11) is 0. The first-order chi connectivity index (χ1) is 8.97. The number of pyridine rings is 1. The lowest BCUT2D eigenvalue weighted by atomic mass is 10.3. The van der Waals surface area contributed by atoms with Gasteiger partial charge in [0.15, 0.2) is 11.6 Å². The van der Waals surface area contributed by atoms with Crippen LogP contribution in [0.4, 0.5) is 8.78 Å². The fourth-order valence-electron chi connectivity index (χ4n) is 1.28. The number of rotatable bonds is 3. The number of hydrogen-bond donors (Lipinski definition) is 1. The number of benzene rings is 1. The van der Waals surface area contributed by atoms with E-state index < -0.39 is 17.6 Å². The van der Waals surface area contributed by atoms with Crippen LogP contribution in [0.25, 0.3) is 0 Å². The summed E-state index contributed by atoms with van der Waals surface area (Å²) in [6.07, 6.45) is 1.07. The van der Waals surface area contributed by atoms with Crippen LogP contribution in [0, 0.1) is 11.6 Å². The Morgan fingerprint density at radius 1 is 1.32 bits per heavy atom. The Morgan fingerprint density at radius 2 is 2.05 bits per heavy atom. The monoisotopic (exact) mass is 329 g/mol. The topological polar surface area (TPSA) is 59.4 Å². The Labute approximate surface area is 114 Å². The maximum absolute atomic E-state index is 13.4. The van der Waals surface area contributed by atoms with Crippen LogP contribution in [0.2, 0.25) is 0 Å².